The number of aliphatic imine (C=N–C) groups is 1. The van der Waals surface area contributed by atoms with Gasteiger partial charge in [0.25, 0.3) is 0 Å². The standard InChI is InChI=1S/C11H25N3O/c1-9(2,3)13-8(12)14-10(4,5)11(6,7)15/h15H,1-7H3,(H3,12,13,14). The van der Waals surface area contributed by atoms with Crippen LogP contribution in [0.25, 0.3) is 0 Å². The molecule has 15 heavy (non-hydrogen) atoms. The van der Waals surface area contributed by atoms with E-state index in [-0.39, 0.29) is 5.54 Å². The first kappa shape index (κ1) is 14.2. The van der Waals surface area contributed by atoms with Crippen LogP contribution in [0.3, 0.4) is 0 Å². The number of rotatable bonds is 2. The van der Waals surface area contributed by atoms with Crippen LogP contribution < -0.4 is 11.1 Å². The minimum absolute atomic E-state index is 0.122. The van der Waals surface area contributed by atoms with Gasteiger partial charge in [-0.25, -0.2) is 4.99 Å². The zero-order valence-corrected chi connectivity index (χ0v) is 11.0. The SMILES string of the molecule is CC(C)(C)NC(N)=NC(C)(C)C(C)(C)O. The maximum atomic E-state index is 9.90. The molecule has 0 saturated heterocycles. The van der Waals surface area contributed by atoms with E-state index in [2.05, 4.69) is 10.3 Å². The van der Waals surface area contributed by atoms with E-state index in [4.69, 9.17) is 5.73 Å². The van der Waals surface area contributed by atoms with Gasteiger partial charge in [0.15, 0.2) is 5.96 Å². The van der Waals surface area contributed by atoms with Crippen LogP contribution in [0, 0.1) is 0 Å². The van der Waals surface area contributed by atoms with Crippen LogP contribution in [0.2, 0.25) is 0 Å². The smallest absolute Gasteiger partial charge is 0.189 e. The molecule has 0 radical (unpaired) electrons. The van der Waals surface area contributed by atoms with E-state index in [0.29, 0.717) is 5.96 Å². The summed E-state index contributed by atoms with van der Waals surface area (Å²) in [6.45, 7) is 13.2. The number of guanidine groups is 1. The molecule has 0 aliphatic carbocycles. The van der Waals surface area contributed by atoms with Crippen LogP contribution in [0.15, 0.2) is 4.99 Å². The third-order valence-electron chi connectivity index (χ3n) is 2.40. The number of aliphatic hydroxyl groups is 1. The van der Waals surface area contributed by atoms with Crippen molar-refractivity contribution in [2.75, 3.05) is 0 Å². The van der Waals surface area contributed by atoms with E-state index in [1.807, 2.05) is 34.6 Å². The van der Waals surface area contributed by atoms with Crippen molar-refractivity contribution >= 4 is 5.96 Å². The zero-order valence-electron chi connectivity index (χ0n) is 11.0. The van der Waals surface area contributed by atoms with Crippen molar-refractivity contribution in [2.24, 2.45) is 10.7 Å². The first-order valence-corrected chi connectivity index (χ1v) is 5.21. The quantitative estimate of drug-likeness (QED) is 0.479. The third-order valence-corrected chi connectivity index (χ3v) is 2.40. The van der Waals surface area contributed by atoms with Crippen LogP contribution in [0.4, 0.5) is 0 Å². The summed E-state index contributed by atoms with van der Waals surface area (Å²) in [5.74, 6) is 0.356. The molecule has 0 aromatic carbocycles. The summed E-state index contributed by atoms with van der Waals surface area (Å²) in [7, 11) is 0. The van der Waals surface area contributed by atoms with Crippen molar-refractivity contribution in [1.29, 1.82) is 0 Å². The van der Waals surface area contributed by atoms with Crippen LogP contribution in [-0.2, 0) is 0 Å². The summed E-state index contributed by atoms with van der Waals surface area (Å²) < 4.78 is 0. The van der Waals surface area contributed by atoms with Crippen molar-refractivity contribution in [3.8, 4) is 0 Å². The molecule has 0 atom stereocenters. The maximum absolute atomic E-state index is 9.90. The average molecular weight is 215 g/mol. The first-order chi connectivity index (χ1) is 6.35. The van der Waals surface area contributed by atoms with Gasteiger partial charge < -0.3 is 16.2 Å². The fourth-order valence-corrected chi connectivity index (χ4v) is 0.850. The Hall–Kier alpha value is -0.770. The minimum atomic E-state index is -0.906. The minimum Gasteiger partial charge on any atom is -0.388 e. The molecule has 0 rings (SSSR count). The summed E-state index contributed by atoms with van der Waals surface area (Å²) >= 11 is 0. The normalized spacial score (nSPS) is 15.3. The fourth-order valence-electron chi connectivity index (χ4n) is 0.850. The molecule has 0 spiro atoms. The third kappa shape index (κ3) is 5.02. The van der Waals surface area contributed by atoms with E-state index >= 15 is 0 Å². The molecule has 0 unspecified atom stereocenters. The maximum Gasteiger partial charge on any atom is 0.189 e. The zero-order chi connectivity index (χ0) is 12.5. The second kappa shape index (κ2) is 4.00. The van der Waals surface area contributed by atoms with E-state index in [1.165, 1.54) is 0 Å². The van der Waals surface area contributed by atoms with E-state index in [1.54, 1.807) is 13.8 Å². The van der Waals surface area contributed by atoms with Gasteiger partial charge in [-0.3, -0.25) is 0 Å². The lowest BCUT2D eigenvalue weighted by atomic mass is 9.87. The highest BCUT2D eigenvalue weighted by Gasteiger charge is 2.35. The second-order valence-electron chi connectivity index (χ2n) is 5.99. The molecular formula is C11H25N3O. The van der Waals surface area contributed by atoms with Gasteiger partial charge in [-0.05, 0) is 48.5 Å². The van der Waals surface area contributed by atoms with Crippen molar-refractivity contribution in [3.05, 3.63) is 0 Å². The molecule has 0 aromatic rings. The number of nitrogens with two attached hydrogens (primary N) is 1. The van der Waals surface area contributed by atoms with Crippen molar-refractivity contribution < 1.29 is 5.11 Å². The lowest BCUT2D eigenvalue weighted by molar-refractivity contribution is 0.0154. The molecular weight excluding hydrogens is 190 g/mol. The Morgan fingerprint density at radius 2 is 1.47 bits per heavy atom. The molecule has 0 bridgehead atoms. The molecule has 0 heterocycles. The topological polar surface area (TPSA) is 70.6 Å². The molecule has 4 heteroatoms. The molecule has 0 amide bonds. The van der Waals surface area contributed by atoms with Gasteiger partial charge in [-0.15, -0.1) is 0 Å². The van der Waals surface area contributed by atoms with Crippen LogP contribution in [0.1, 0.15) is 48.5 Å². The molecule has 0 saturated carbocycles. The molecule has 0 aliphatic heterocycles. The van der Waals surface area contributed by atoms with Gasteiger partial charge in [0.2, 0.25) is 0 Å². The summed E-state index contributed by atoms with van der Waals surface area (Å²) in [5.41, 5.74) is 4.13. The van der Waals surface area contributed by atoms with Gasteiger partial charge in [0.1, 0.15) is 0 Å². The number of hydrogen-bond donors (Lipinski definition) is 3. The Kier molecular flexibility index (Phi) is 3.80. The first-order valence-electron chi connectivity index (χ1n) is 5.21. The summed E-state index contributed by atoms with van der Waals surface area (Å²) in [5, 5.41) is 13.0. The van der Waals surface area contributed by atoms with E-state index in [9.17, 15) is 5.11 Å². The van der Waals surface area contributed by atoms with Gasteiger partial charge >= 0.3 is 0 Å². The molecule has 4 N–H and O–H groups in total. The Morgan fingerprint density at radius 3 is 1.73 bits per heavy atom. The van der Waals surface area contributed by atoms with Gasteiger partial charge in [0.05, 0.1) is 11.1 Å². The predicted molar refractivity (Wildman–Crippen MR) is 64.9 cm³/mol. The molecule has 0 fully saturated rings. The summed E-state index contributed by atoms with van der Waals surface area (Å²) in [6, 6.07) is 0. The second-order valence-corrected chi connectivity index (χ2v) is 5.99. The summed E-state index contributed by atoms with van der Waals surface area (Å²) in [6.07, 6.45) is 0. The highest BCUT2D eigenvalue weighted by molar-refractivity contribution is 5.79. The van der Waals surface area contributed by atoms with Crippen molar-refractivity contribution in [1.82, 2.24) is 5.32 Å². The lowest BCUT2D eigenvalue weighted by Gasteiger charge is -2.34. The summed E-state index contributed by atoms with van der Waals surface area (Å²) in [4.78, 5) is 4.30. The van der Waals surface area contributed by atoms with Gasteiger partial charge in [-0.1, -0.05) is 0 Å². The average Bonchev–Trinajstić information content (AvgIpc) is 1.75. The fraction of sp³-hybridized carbons (Fsp3) is 0.909. The monoisotopic (exact) mass is 215 g/mol. The lowest BCUT2D eigenvalue weighted by Crippen LogP contribution is -2.50. The molecule has 0 aliphatic rings. The molecule has 90 valence electrons. The Bertz CT molecular complexity index is 244. The highest BCUT2D eigenvalue weighted by atomic mass is 16.3. The largest absolute Gasteiger partial charge is 0.388 e. The van der Waals surface area contributed by atoms with Gasteiger partial charge in [-0.2, -0.15) is 0 Å². The Balaban J connectivity index is 4.76. The van der Waals surface area contributed by atoms with E-state index in [0.717, 1.165) is 0 Å². The Morgan fingerprint density at radius 1 is 1.07 bits per heavy atom. The van der Waals surface area contributed by atoms with E-state index < -0.39 is 11.1 Å². The predicted octanol–water partition coefficient (Wildman–Crippen LogP) is 1.24. The van der Waals surface area contributed by atoms with Crippen LogP contribution in [0.5, 0.6) is 0 Å². The molecule has 4 nitrogen and oxygen atoms in total. The number of nitrogens with one attached hydrogen (secondary N) is 1. The van der Waals surface area contributed by atoms with Crippen LogP contribution >= 0.6 is 0 Å². The van der Waals surface area contributed by atoms with Gasteiger partial charge in [0, 0.05) is 5.54 Å². The highest BCUT2D eigenvalue weighted by Crippen LogP contribution is 2.24. The number of hydrogen-bond acceptors (Lipinski definition) is 2. The number of nitrogens with zero attached hydrogens (tertiary/aromatic N) is 1. The van der Waals surface area contributed by atoms with Crippen molar-refractivity contribution in [3.63, 3.8) is 0 Å². The van der Waals surface area contributed by atoms with Crippen LogP contribution in [-0.4, -0.2) is 27.7 Å². The van der Waals surface area contributed by atoms with Crippen molar-refractivity contribution in [2.45, 2.75) is 65.1 Å². The Labute approximate surface area is 93.0 Å². The molecule has 0 aromatic heterocycles.